The van der Waals surface area contributed by atoms with Crippen LogP contribution in [-0.4, -0.2) is 93.1 Å². The van der Waals surface area contributed by atoms with Crippen molar-refractivity contribution in [2.24, 2.45) is 21.7 Å². The van der Waals surface area contributed by atoms with Gasteiger partial charge in [-0.25, -0.2) is 19.6 Å². The van der Waals surface area contributed by atoms with Gasteiger partial charge in [0.1, 0.15) is 11.6 Å². The summed E-state index contributed by atoms with van der Waals surface area (Å²) < 4.78 is 12.0. The minimum atomic E-state index is -1.31. The first kappa shape index (κ1) is 47.8. The summed E-state index contributed by atoms with van der Waals surface area (Å²) in [5.74, 6) is 0.606. The zero-order valence-corrected chi connectivity index (χ0v) is 40.4. The Hall–Kier alpha value is -5.66. The van der Waals surface area contributed by atoms with Crippen LogP contribution in [0, 0.1) is 21.7 Å². The Labute approximate surface area is 379 Å². The zero-order chi connectivity index (χ0) is 47.2. The molecular weight excluding hydrogens is 809 g/mol. The van der Waals surface area contributed by atoms with Gasteiger partial charge in [0.2, 0.25) is 0 Å². The lowest BCUT2D eigenvalue weighted by Crippen LogP contribution is -2.57. The van der Waals surface area contributed by atoms with E-state index in [1.807, 2.05) is 106 Å². The molecule has 0 bridgehead atoms. The van der Waals surface area contributed by atoms with Crippen molar-refractivity contribution in [3.05, 3.63) is 72.6 Å². The van der Waals surface area contributed by atoms with Gasteiger partial charge in [-0.15, -0.1) is 0 Å². The van der Waals surface area contributed by atoms with Crippen LogP contribution in [0.15, 0.2) is 60.9 Å². The van der Waals surface area contributed by atoms with E-state index in [4.69, 9.17) is 19.4 Å². The van der Waals surface area contributed by atoms with Crippen molar-refractivity contribution >= 4 is 24.0 Å². The van der Waals surface area contributed by atoms with Gasteiger partial charge in [0.25, 0.3) is 11.8 Å². The second kappa shape index (κ2) is 17.4. The summed E-state index contributed by atoms with van der Waals surface area (Å²) in [6.45, 7) is 20.1. The number of imidazole rings is 2. The van der Waals surface area contributed by atoms with E-state index in [9.17, 15) is 19.2 Å². The monoisotopic (exact) mass is 879 g/mol. The van der Waals surface area contributed by atoms with E-state index < -0.39 is 57.1 Å². The third kappa shape index (κ3) is 9.28. The maximum absolute atomic E-state index is 14.3. The van der Waals surface area contributed by atoms with E-state index in [-0.39, 0.29) is 11.8 Å². The average molecular weight is 879 g/mol. The van der Waals surface area contributed by atoms with Crippen LogP contribution in [0.1, 0.15) is 131 Å². The minimum Gasteiger partial charge on any atom is -0.432 e. The number of rotatable bonds is 15. The molecule has 0 saturated heterocycles. The van der Waals surface area contributed by atoms with E-state index in [1.54, 1.807) is 28.2 Å². The molecule has 346 valence electrons. The first-order valence-corrected chi connectivity index (χ1v) is 22.6. The Morgan fingerprint density at radius 1 is 0.594 bits per heavy atom. The average Bonchev–Trinajstić information content (AvgIpc) is 4.03. The minimum absolute atomic E-state index is 0.313. The van der Waals surface area contributed by atoms with Gasteiger partial charge >= 0.3 is 12.2 Å². The number of nitrogens with one attached hydrogen (secondary N) is 4. The summed E-state index contributed by atoms with van der Waals surface area (Å²) in [7, 11) is 6.48. The van der Waals surface area contributed by atoms with Gasteiger partial charge in [-0.3, -0.25) is 9.59 Å². The molecule has 64 heavy (non-hydrogen) atoms. The highest BCUT2D eigenvalue weighted by Crippen LogP contribution is 2.58. The van der Waals surface area contributed by atoms with Crippen LogP contribution in [0.3, 0.4) is 0 Å². The van der Waals surface area contributed by atoms with Crippen LogP contribution in [0.25, 0.3) is 33.6 Å². The molecule has 2 aliphatic carbocycles. The predicted molar refractivity (Wildman–Crippen MR) is 249 cm³/mol. The van der Waals surface area contributed by atoms with Crippen molar-refractivity contribution in [2.75, 3.05) is 28.2 Å². The van der Waals surface area contributed by atoms with Crippen molar-refractivity contribution in [1.82, 2.24) is 40.4 Å². The van der Waals surface area contributed by atoms with E-state index >= 15 is 0 Å². The molecule has 2 aliphatic rings. The number of benzene rings is 2. The summed E-state index contributed by atoms with van der Waals surface area (Å²) in [5.41, 5.74) is 1.03. The molecule has 4 aromatic rings. The number of ether oxygens (including phenoxy) is 2. The first-order valence-electron chi connectivity index (χ1n) is 22.6. The Kier molecular flexibility index (Phi) is 13.0. The summed E-state index contributed by atoms with van der Waals surface area (Å²) in [6, 6.07) is 15.4. The lowest BCUT2D eigenvalue weighted by molar-refractivity contribution is -0.151. The molecule has 6 rings (SSSR count). The van der Waals surface area contributed by atoms with Crippen LogP contribution >= 0.6 is 0 Å². The zero-order valence-electron chi connectivity index (χ0n) is 40.4. The molecule has 0 spiro atoms. The molecule has 2 unspecified atom stereocenters. The Morgan fingerprint density at radius 2 is 0.891 bits per heavy atom. The lowest BCUT2D eigenvalue weighted by atomic mass is 9.80. The van der Waals surface area contributed by atoms with Crippen molar-refractivity contribution in [3.8, 4) is 33.6 Å². The SMILES string of the molecule is CCC(OC(=O)N(C)C)(C(=O)N[C@H](c1nc(-c2ccc(-c3ccc(-c4c[nH]c([C@@H](NC(=O)C(CC)(OC(=O)N(C)C)C5(C)CC5)C(C)(C)C)n4)cc3)cc2)c[nH]1)C(C)(C)C)C1(C)CC1. The highest BCUT2D eigenvalue weighted by Gasteiger charge is 2.64. The molecule has 4 atom stereocenters. The van der Waals surface area contributed by atoms with Crippen molar-refractivity contribution < 1.29 is 28.7 Å². The number of H-pyrrole nitrogens is 2. The molecule has 0 aliphatic heterocycles. The Balaban J connectivity index is 1.17. The molecule has 2 aromatic carbocycles. The standard InChI is InChI=1S/C50H70N8O6/c1-15-49(47(9)25-26-47,63-43(61)57(11)12)41(59)55-37(45(3,4)5)39-51-29-35(53-39)33-21-17-31(18-22-33)32-19-23-34(24-20-32)36-30-52-40(54-36)38(46(6,7)8)56-42(60)50(16-2,48(10)27-28-48)64-44(62)58(13)14/h17-24,29-30,37-38H,15-16,25-28H2,1-14H3,(H,51,53)(H,52,54)(H,55,59)(H,56,60)/t37-,38-,49?,50?/m1/s1. The molecule has 14 heteroatoms. The topological polar surface area (TPSA) is 175 Å². The number of aromatic amines is 2. The Bertz CT molecular complexity index is 2160. The van der Waals surface area contributed by atoms with Gasteiger partial charge < -0.3 is 39.9 Å². The fourth-order valence-electron chi connectivity index (χ4n) is 8.69. The Morgan fingerprint density at radius 3 is 1.14 bits per heavy atom. The predicted octanol–water partition coefficient (Wildman–Crippen LogP) is 9.83. The van der Waals surface area contributed by atoms with E-state index in [0.717, 1.165) is 59.3 Å². The molecule has 4 N–H and O–H groups in total. The molecule has 2 aromatic heterocycles. The number of hydrogen-bond donors (Lipinski definition) is 4. The van der Waals surface area contributed by atoms with E-state index in [0.29, 0.717) is 24.5 Å². The van der Waals surface area contributed by atoms with Gasteiger partial charge in [0.05, 0.1) is 23.5 Å². The molecule has 0 radical (unpaired) electrons. The fourth-order valence-corrected chi connectivity index (χ4v) is 8.69. The smallest absolute Gasteiger partial charge is 0.410 e. The van der Waals surface area contributed by atoms with Crippen LogP contribution in [0.2, 0.25) is 0 Å². The largest absolute Gasteiger partial charge is 0.432 e. The first-order chi connectivity index (χ1) is 29.8. The number of aromatic nitrogens is 4. The number of amides is 4. The van der Waals surface area contributed by atoms with Gasteiger partial charge in [-0.2, -0.15) is 0 Å². The van der Waals surface area contributed by atoms with Crippen molar-refractivity contribution in [2.45, 2.75) is 131 Å². The molecule has 2 saturated carbocycles. The van der Waals surface area contributed by atoms with Gasteiger partial charge in [-0.05, 0) is 60.5 Å². The highest BCUT2D eigenvalue weighted by atomic mass is 16.6. The maximum atomic E-state index is 14.3. The second-order valence-electron chi connectivity index (χ2n) is 21.0. The summed E-state index contributed by atoms with van der Waals surface area (Å²) >= 11 is 0. The third-order valence-electron chi connectivity index (χ3n) is 13.7. The molecule has 2 heterocycles. The summed E-state index contributed by atoms with van der Waals surface area (Å²) in [4.78, 5) is 73.5. The molecular formula is C50H70N8O6. The fraction of sp³-hybridized carbons (Fsp3) is 0.560. The number of nitrogens with zero attached hydrogens (tertiary/aromatic N) is 4. The highest BCUT2D eigenvalue weighted by molar-refractivity contribution is 5.90. The normalized spacial score (nSPS) is 18.0. The summed E-state index contributed by atoms with van der Waals surface area (Å²) in [5, 5.41) is 6.49. The second-order valence-corrected chi connectivity index (χ2v) is 21.0. The van der Waals surface area contributed by atoms with Crippen molar-refractivity contribution in [3.63, 3.8) is 0 Å². The van der Waals surface area contributed by atoms with Crippen LogP contribution in [-0.2, 0) is 19.1 Å². The number of carbonyl (C=O) groups is 4. The molecule has 14 nitrogen and oxygen atoms in total. The van der Waals surface area contributed by atoms with Gasteiger partial charge in [0.15, 0.2) is 11.2 Å². The quantitative estimate of drug-likeness (QED) is 0.0913. The summed E-state index contributed by atoms with van der Waals surface area (Å²) in [6.07, 6.45) is 6.52. The molecule has 4 amide bonds. The van der Waals surface area contributed by atoms with Gasteiger partial charge in [-0.1, -0.05) is 118 Å². The van der Waals surface area contributed by atoms with Gasteiger partial charge in [0, 0.05) is 62.5 Å². The maximum Gasteiger partial charge on any atom is 0.410 e. The van der Waals surface area contributed by atoms with Crippen molar-refractivity contribution in [1.29, 1.82) is 0 Å². The van der Waals surface area contributed by atoms with Crippen LogP contribution in [0.4, 0.5) is 9.59 Å². The number of hydrogen-bond acceptors (Lipinski definition) is 8. The molecule has 2 fully saturated rings. The third-order valence-corrected chi connectivity index (χ3v) is 13.7. The van der Waals surface area contributed by atoms with E-state index in [1.165, 1.54) is 9.80 Å². The van der Waals surface area contributed by atoms with Crippen LogP contribution in [0.5, 0.6) is 0 Å². The number of carbonyl (C=O) groups excluding carboxylic acids is 4. The van der Waals surface area contributed by atoms with Crippen LogP contribution < -0.4 is 10.6 Å². The van der Waals surface area contributed by atoms with E-state index in [2.05, 4.69) is 44.9 Å². The lowest BCUT2D eigenvalue weighted by Gasteiger charge is -2.40.